The molecule has 5 fully saturated rings. The maximum atomic E-state index is 12.4. The van der Waals surface area contributed by atoms with Crippen LogP contribution in [0.2, 0.25) is 0 Å². The van der Waals surface area contributed by atoms with Crippen LogP contribution in [0.4, 0.5) is 0 Å². The van der Waals surface area contributed by atoms with Crippen LogP contribution in [-0.4, -0.2) is 36.2 Å². The number of hydrogen-bond acceptors (Lipinski definition) is 5. The molecule has 0 unspecified atom stereocenters. The van der Waals surface area contributed by atoms with Crippen LogP contribution in [0.25, 0.3) is 0 Å². The summed E-state index contributed by atoms with van der Waals surface area (Å²) in [7, 11) is 0. The number of rotatable bonds is 5. The Bertz CT molecular complexity index is 571. The summed E-state index contributed by atoms with van der Waals surface area (Å²) in [6, 6.07) is 0. The van der Waals surface area contributed by atoms with E-state index in [2.05, 4.69) is 26.1 Å². The molecule has 6 nitrogen and oxygen atoms in total. The number of unbranched alkanes of at least 4 members (excludes halogenated alkanes) is 1. The lowest BCUT2D eigenvalue weighted by Gasteiger charge is -2.60. The van der Waals surface area contributed by atoms with Crippen molar-refractivity contribution in [1.29, 1.82) is 0 Å². The van der Waals surface area contributed by atoms with E-state index >= 15 is 0 Å². The van der Waals surface area contributed by atoms with Gasteiger partial charge >= 0.3 is 0 Å². The Morgan fingerprint density at radius 3 is 2.74 bits per heavy atom. The van der Waals surface area contributed by atoms with Gasteiger partial charge in [-0.1, -0.05) is 27.2 Å². The number of carbonyl (C=O) groups is 1. The molecule has 1 N–H and O–H groups in total. The minimum absolute atomic E-state index is 0.0686. The summed E-state index contributed by atoms with van der Waals surface area (Å²) >= 11 is 0. The highest BCUT2D eigenvalue weighted by atomic mass is 17.3. The second-order valence-electron chi connectivity index (χ2n) is 9.35. The zero-order valence-electron chi connectivity index (χ0n) is 17.2. The Balaban J connectivity index is 1.56. The molecule has 0 aromatic heterocycles. The summed E-state index contributed by atoms with van der Waals surface area (Å²) in [5.41, 5.74) is -0.539. The second kappa shape index (κ2) is 7.29. The molecule has 4 heterocycles. The van der Waals surface area contributed by atoms with Gasteiger partial charge in [0.25, 0.3) is 0 Å². The highest BCUT2D eigenvalue weighted by molar-refractivity contribution is 5.76. The van der Waals surface area contributed by atoms with E-state index in [1.165, 1.54) is 6.42 Å². The Morgan fingerprint density at radius 2 is 1.96 bits per heavy atom. The van der Waals surface area contributed by atoms with Crippen LogP contribution in [0.1, 0.15) is 72.6 Å². The molecule has 1 spiro atoms. The van der Waals surface area contributed by atoms with Crippen molar-refractivity contribution in [1.82, 2.24) is 5.32 Å². The average molecular weight is 382 g/mol. The quantitative estimate of drug-likeness (QED) is 0.583. The van der Waals surface area contributed by atoms with Crippen molar-refractivity contribution in [2.45, 2.75) is 96.4 Å². The van der Waals surface area contributed by atoms with Crippen molar-refractivity contribution in [3.63, 3.8) is 0 Å². The fraction of sp³-hybridized carbons (Fsp3) is 0.952. The van der Waals surface area contributed by atoms with Crippen LogP contribution in [0, 0.1) is 23.7 Å². The first-order valence-electron chi connectivity index (χ1n) is 10.9. The van der Waals surface area contributed by atoms with Crippen LogP contribution in [0.15, 0.2) is 0 Å². The average Bonchev–Trinajstić information content (AvgIpc) is 2.86. The number of carbonyl (C=O) groups excluding carboxylic acids is 1. The van der Waals surface area contributed by atoms with Gasteiger partial charge in [0.15, 0.2) is 11.9 Å². The molecule has 2 bridgehead atoms. The zero-order valence-corrected chi connectivity index (χ0v) is 17.2. The number of ether oxygens (including phenoxy) is 2. The molecule has 0 aromatic rings. The molecule has 8 atom stereocenters. The first-order valence-corrected chi connectivity index (χ1v) is 10.9. The van der Waals surface area contributed by atoms with E-state index < -0.39 is 17.7 Å². The van der Waals surface area contributed by atoms with E-state index in [-0.39, 0.29) is 23.8 Å². The molecule has 1 amide bonds. The van der Waals surface area contributed by atoms with Crippen LogP contribution in [0.5, 0.6) is 0 Å². The van der Waals surface area contributed by atoms with E-state index in [1.54, 1.807) is 0 Å². The van der Waals surface area contributed by atoms with Gasteiger partial charge in [-0.25, -0.2) is 9.78 Å². The molecular weight excluding hydrogens is 346 g/mol. The Morgan fingerprint density at radius 1 is 1.15 bits per heavy atom. The third-order valence-electron chi connectivity index (χ3n) is 7.53. The molecule has 4 aliphatic heterocycles. The summed E-state index contributed by atoms with van der Waals surface area (Å²) in [6.45, 7) is 9.31. The maximum Gasteiger partial charge on any atom is 0.222 e. The van der Waals surface area contributed by atoms with E-state index in [1.807, 2.05) is 6.92 Å². The van der Waals surface area contributed by atoms with Gasteiger partial charge in [0.05, 0.1) is 12.5 Å². The fourth-order valence-electron chi connectivity index (χ4n) is 5.87. The minimum atomic E-state index is -0.758. The van der Waals surface area contributed by atoms with E-state index in [0.717, 1.165) is 38.6 Å². The summed E-state index contributed by atoms with van der Waals surface area (Å²) in [4.78, 5) is 24.4. The third-order valence-corrected chi connectivity index (χ3v) is 7.53. The molecular formula is C21H35NO5. The first kappa shape index (κ1) is 19.6. The number of nitrogens with one attached hydrogen (secondary N) is 1. The maximum absolute atomic E-state index is 12.4. The van der Waals surface area contributed by atoms with Gasteiger partial charge in [0.1, 0.15) is 0 Å². The van der Waals surface area contributed by atoms with Gasteiger partial charge in [0, 0.05) is 18.9 Å². The number of amides is 1. The normalized spacial score (nSPS) is 48.6. The van der Waals surface area contributed by atoms with Crippen LogP contribution in [-0.2, 0) is 24.0 Å². The van der Waals surface area contributed by atoms with Crippen molar-refractivity contribution in [2.24, 2.45) is 23.7 Å². The number of fused-ring (bicyclic) bond motifs is 2. The summed E-state index contributed by atoms with van der Waals surface area (Å²) < 4.78 is 12.8. The van der Waals surface area contributed by atoms with Crippen LogP contribution in [0.3, 0.4) is 0 Å². The SMILES string of the molecule is CCCCNC(=O)C[C@H]1O[C@@H]2O[C@@]3(C)CC[C@H]4[C@H](C)CC[C@@H]([C@H]1C)[C@@]24OO3. The van der Waals surface area contributed by atoms with Gasteiger partial charge in [-0.15, -0.1) is 0 Å². The monoisotopic (exact) mass is 381 g/mol. The molecule has 5 aliphatic rings. The predicted molar refractivity (Wildman–Crippen MR) is 99.4 cm³/mol. The minimum Gasteiger partial charge on any atom is -0.356 e. The standard InChI is InChI=1S/C21H35NO5/c1-5-6-11-22-18(23)12-17-14(3)16-8-7-13(2)15-9-10-20(4)25-19(24-17)21(15,16)27-26-20/h13-17,19H,5-12H2,1-4H3,(H,22,23)/t13-,14-,15+,16+,17-,19-,20-,21-/m1/s1. The lowest BCUT2D eigenvalue weighted by molar-refractivity contribution is -0.570. The Hall–Kier alpha value is -0.690. The second-order valence-corrected chi connectivity index (χ2v) is 9.35. The highest BCUT2D eigenvalue weighted by Gasteiger charge is 2.69. The van der Waals surface area contributed by atoms with E-state index in [0.29, 0.717) is 18.3 Å². The Labute approximate surface area is 162 Å². The smallest absolute Gasteiger partial charge is 0.222 e. The molecule has 4 saturated heterocycles. The van der Waals surface area contributed by atoms with Gasteiger partial charge in [-0.05, 0) is 50.4 Å². The molecule has 5 rings (SSSR count). The van der Waals surface area contributed by atoms with Crippen LogP contribution < -0.4 is 5.32 Å². The lowest BCUT2D eigenvalue weighted by atomic mass is 9.57. The van der Waals surface area contributed by atoms with Crippen molar-refractivity contribution in [3.8, 4) is 0 Å². The largest absolute Gasteiger partial charge is 0.356 e. The van der Waals surface area contributed by atoms with Gasteiger partial charge in [-0.3, -0.25) is 4.79 Å². The van der Waals surface area contributed by atoms with Crippen molar-refractivity contribution in [3.05, 3.63) is 0 Å². The van der Waals surface area contributed by atoms with Crippen molar-refractivity contribution in [2.75, 3.05) is 6.54 Å². The molecule has 1 aliphatic carbocycles. The molecule has 0 aromatic carbocycles. The third kappa shape index (κ3) is 3.22. The van der Waals surface area contributed by atoms with E-state index in [4.69, 9.17) is 19.2 Å². The zero-order chi connectivity index (χ0) is 19.2. The lowest BCUT2D eigenvalue weighted by Crippen LogP contribution is -2.70. The topological polar surface area (TPSA) is 66.0 Å². The molecule has 1 saturated carbocycles. The molecule has 0 radical (unpaired) electrons. The van der Waals surface area contributed by atoms with Crippen molar-refractivity contribution >= 4 is 5.91 Å². The molecule has 6 heteroatoms. The first-order chi connectivity index (χ1) is 12.9. The van der Waals surface area contributed by atoms with Gasteiger partial charge < -0.3 is 14.8 Å². The van der Waals surface area contributed by atoms with Crippen LogP contribution >= 0.6 is 0 Å². The van der Waals surface area contributed by atoms with Gasteiger partial charge in [-0.2, -0.15) is 0 Å². The number of hydrogen-bond donors (Lipinski definition) is 1. The highest BCUT2D eigenvalue weighted by Crippen LogP contribution is 2.60. The Kier molecular flexibility index (Phi) is 5.29. The summed E-state index contributed by atoms with van der Waals surface area (Å²) in [6.07, 6.45) is 5.96. The van der Waals surface area contributed by atoms with Crippen molar-refractivity contribution < 1.29 is 24.0 Å². The fourth-order valence-corrected chi connectivity index (χ4v) is 5.87. The molecule has 27 heavy (non-hydrogen) atoms. The van der Waals surface area contributed by atoms with E-state index in [9.17, 15) is 4.79 Å². The molecule has 154 valence electrons. The summed E-state index contributed by atoms with van der Waals surface area (Å²) in [5, 5.41) is 3.02. The van der Waals surface area contributed by atoms with Gasteiger partial charge in [0.2, 0.25) is 11.7 Å². The summed E-state index contributed by atoms with van der Waals surface area (Å²) in [5.74, 6) is 0.746. The predicted octanol–water partition coefficient (Wildman–Crippen LogP) is 3.54.